The zero-order valence-electron chi connectivity index (χ0n) is 10.6. The van der Waals surface area contributed by atoms with Gasteiger partial charge in [0.05, 0.1) is 11.5 Å². The van der Waals surface area contributed by atoms with Gasteiger partial charge in [0.1, 0.15) is 15.6 Å². The summed E-state index contributed by atoms with van der Waals surface area (Å²) in [6.45, 7) is 2.01. The van der Waals surface area contributed by atoms with Crippen LogP contribution in [0.25, 0.3) is 0 Å². The standard InChI is InChI=1S/C10H19NO5S2/c1-9(12)10-4-3-5-11(8-10)18(15,16)7-6-17(2,13)14/h10H,3-8H2,1-2H3. The maximum Gasteiger partial charge on any atom is 0.215 e. The van der Waals surface area contributed by atoms with Gasteiger partial charge in [-0.2, -0.15) is 0 Å². The lowest BCUT2D eigenvalue weighted by Crippen LogP contribution is -2.43. The zero-order chi connectivity index (χ0) is 14.0. The van der Waals surface area contributed by atoms with Crippen LogP contribution in [0, 0.1) is 5.92 Å². The first kappa shape index (κ1) is 15.6. The van der Waals surface area contributed by atoms with Crippen molar-refractivity contribution < 1.29 is 21.6 Å². The molecular weight excluding hydrogens is 278 g/mol. The van der Waals surface area contributed by atoms with Crippen LogP contribution in [0.1, 0.15) is 19.8 Å². The molecule has 0 spiro atoms. The first-order valence-corrected chi connectivity index (χ1v) is 9.45. The highest BCUT2D eigenvalue weighted by molar-refractivity contribution is 7.93. The lowest BCUT2D eigenvalue weighted by atomic mass is 9.96. The van der Waals surface area contributed by atoms with E-state index < -0.39 is 25.6 Å². The van der Waals surface area contributed by atoms with E-state index in [2.05, 4.69) is 0 Å². The van der Waals surface area contributed by atoms with Crippen LogP contribution in [-0.2, 0) is 24.7 Å². The van der Waals surface area contributed by atoms with Crippen molar-refractivity contribution in [2.45, 2.75) is 19.8 Å². The van der Waals surface area contributed by atoms with Crippen molar-refractivity contribution in [3.8, 4) is 0 Å². The lowest BCUT2D eigenvalue weighted by Gasteiger charge is -2.30. The normalized spacial score (nSPS) is 22.9. The Bertz CT molecular complexity index is 508. The van der Waals surface area contributed by atoms with Gasteiger partial charge in [-0.15, -0.1) is 0 Å². The maximum atomic E-state index is 12.0. The zero-order valence-corrected chi connectivity index (χ0v) is 12.3. The van der Waals surface area contributed by atoms with Crippen molar-refractivity contribution in [2.75, 3.05) is 30.9 Å². The summed E-state index contributed by atoms with van der Waals surface area (Å²) in [7, 11) is -6.88. The molecule has 106 valence electrons. The molecule has 0 amide bonds. The molecule has 0 radical (unpaired) electrons. The van der Waals surface area contributed by atoms with Gasteiger partial charge >= 0.3 is 0 Å². The molecule has 0 aliphatic carbocycles. The average molecular weight is 297 g/mol. The second-order valence-corrected chi connectivity index (χ2v) is 9.10. The van der Waals surface area contributed by atoms with Crippen molar-refractivity contribution in [2.24, 2.45) is 5.92 Å². The van der Waals surface area contributed by atoms with Gasteiger partial charge in [-0.1, -0.05) is 0 Å². The van der Waals surface area contributed by atoms with Gasteiger partial charge in [0.2, 0.25) is 10.0 Å². The molecule has 1 rings (SSSR count). The first-order valence-electron chi connectivity index (χ1n) is 5.78. The van der Waals surface area contributed by atoms with Crippen LogP contribution >= 0.6 is 0 Å². The second-order valence-electron chi connectivity index (χ2n) is 4.75. The molecule has 0 aromatic rings. The van der Waals surface area contributed by atoms with Crippen molar-refractivity contribution in [1.82, 2.24) is 4.31 Å². The van der Waals surface area contributed by atoms with E-state index in [1.54, 1.807) is 0 Å². The molecule has 1 atom stereocenters. The van der Waals surface area contributed by atoms with Crippen molar-refractivity contribution in [1.29, 1.82) is 0 Å². The largest absolute Gasteiger partial charge is 0.300 e. The van der Waals surface area contributed by atoms with E-state index in [0.717, 1.165) is 6.26 Å². The van der Waals surface area contributed by atoms with E-state index >= 15 is 0 Å². The molecule has 1 unspecified atom stereocenters. The number of carbonyl (C=O) groups is 1. The Morgan fingerprint density at radius 3 is 2.33 bits per heavy atom. The summed E-state index contributed by atoms with van der Waals surface area (Å²) in [6, 6.07) is 0. The van der Waals surface area contributed by atoms with Crippen LogP contribution < -0.4 is 0 Å². The quantitative estimate of drug-likeness (QED) is 0.693. The summed E-state index contributed by atoms with van der Waals surface area (Å²) in [5, 5.41) is 0. The number of piperidine rings is 1. The number of rotatable bonds is 5. The average Bonchev–Trinajstić information content (AvgIpc) is 2.26. The molecule has 1 saturated heterocycles. The fraction of sp³-hybridized carbons (Fsp3) is 0.900. The van der Waals surface area contributed by atoms with Crippen molar-refractivity contribution in [3.63, 3.8) is 0 Å². The fourth-order valence-electron chi connectivity index (χ4n) is 1.91. The summed E-state index contributed by atoms with van der Waals surface area (Å²) in [6.07, 6.45) is 2.35. The molecule has 6 nitrogen and oxygen atoms in total. The van der Waals surface area contributed by atoms with Crippen molar-refractivity contribution >= 4 is 25.6 Å². The van der Waals surface area contributed by atoms with Gasteiger partial charge in [-0.25, -0.2) is 21.1 Å². The molecule has 0 N–H and O–H groups in total. The van der Waals surface area contributed by atoms with Gasteiger partial charge in [-0.05, 0) is 19.8 Å². The monoisotopic (exact) mass is 297 g/mol. The van der Waals surface area contributed by atoms with Crippen LogP contribution in [0.15, 0.2) is 0 Å². The number of hydrogen-bond acceptors (Lipinski definition) is 5. The number of sulfonamides is 1. The number of hydrogen-bond donors (Lipinski definition) is 0. The second kappa shape index (κ2) is 5.66. The Morgan fingerprint density at radius 2 is 1.83 bits per heavy atom. The predicted molar refractivity (Wildman–Crippen MR) is 68.5 cm³/mol. The summed E-state index contributed by atoms with van der Waals surface area (Å²) in [5.41, 5.74) is 0. The Morgan fingerprint density at radius 1 is 1.22 bits per heavy atom. The Labute approximate surface area is 108 Å². The molecule has 0 saturated carbocycles. The summed E-state index contributed by atoms with van der Waals surface area (Å²) < 4.78 is 47.1. The van der Waals surface area contributed by atoms with Crippen LogP contribution in [0.2, 0.25) is 0 Å². The summed E-state index contributed by atoms with van der Waals surface area (Å²) in [5.74, 6) is -1.06. The van der Waals surface area contributed by atoms with Gasteiger partial charge in [0, 0.05) is 25.3 Å². The minimum atomic E-state index is -3.58. The van der Waals surface area contributed by atoms with Gasteiger partial charge in [0.25, 0.3) is 0 Å². The van der Waals surface area contributed by atoms with Crippen molar-refractivity contribution in [3.05, 3.63) is 0 Å². The molecule has 1 fully saturated rings. The van der Waals surface area contributed by atoms with Crippen LogP contribution in [-0.4, -0.2) is 57.8 Å². The van der Waals surface area contributed by atoms with E-state index in [4.69, 9.17) is 0 Å². The molecular formula is C10H19NO5S2. The third-order valence-corrected chi connectivity index (χ3v) is 6.11. The third kappa shape index (κ3) is 4.66. The molecule has 1 aliphatic heterocycles. The minimum absolute atomic E-state index is 0.0157. The molecule has 0 aromatic heterocycles. The third-order valence-electron chi connectivity index (χ3n) is 3.06. The minimum Gasteiger partial charge on any atom is -0.300 e. The topological polar surface area (TPSA) is 88.6 Å². The van der Waals surface area contributed by atoms with Gasteiger partial charge in [0.15, 0.2) is 0 Å². The van der Waals surface area contributed by atoms with E-state index in [0.29, 0.717) is 19.4 Å². The number of ketones is 1. The van der Waals surface area contributed by atoms with Gasteiger partial charge in [-0.3, -0.25) is 4.79 Å². The maximum absolute atomic E-state index is 12.0. The molecule has 8 heteroatoms. The number of nitrogens with zero attached hydrogens (tertiary/aromatic N) is 1. The highest BCUT2D eigenvalue weighted by atomic mass is 32.2. The molecule has 1 heterocycles. The van der Waals surface area contributed by atoms with Crippen LogP contribution in [0.5, 0.6) is 0 Å². The number of sulfone groups is 1. The SMILES string of the molecule is CC(=O)C1CCCN(S(=O)(=O)CCS(C)(=O)=O)C1. The molecule has 1 aliphatic rings. The summed E-state index contributed by atoms with van der Waals surface area (Å²) in [4.78, 5) is 11.3. The van der Waals surface area contributed by atoms with E-state index in [1.807, 2.05) is 0 Å². The fourth-order valence-corrected chi connectivity index (χ4v) is 5.04. The Hall–Kier alpha value is -0.470. The Balaban J connectivity index is 2.70. The number of Topliss-reactive ketones (excluding diaryl/α,β-unsaturated/α-hetero) is 1. The highest BCUT2D eigenvalue weighted by Crippen LogP contribution is 2.20. The highest BCUT2D eigenvalue weighted by Gasteiger charge is 2.31. The Kier molecular flexibility index (Phi) is 4.90. The molecule has 0 bridgehead atoms. The van der Waals surface area contributed by atoms with E-state index in [-0.39, 0.29) is 24.0 Å². The lowest BCUT2D eigenvalue weighted by molar-refractivity contribution is -0.121. The summed E-state index contributed by atoms with van der Waals surface area (Å²) >= 11 is 0. The van der Waals surface area contributed by atoms with Crippen LogP contribution in [0.4, 0.5) is 0 Å². The van der Waals surface area contributed by atoms with Gasteiger partial charge < -0.3 is 0 Å². The first-order chi connectivity index (χ1) is 8.12. The predicted octanol–water partition coefficient (Wildman–Crippen LogP) is -0.338. The smallest absolute Gasteiger partial charge is 0.215 e. The molecule has 18 heavy (non-hydrogen) atoms. The van der Waals surface area contributed by atoms with E-state index in [1.165, 1.54) is 11.2 Å². The molecule has 0 aromatic carbocycles. The van der Waals surface area contributed by atoms with Crippen LogP contribution in [0.3, 0.4) is 0 Å². The number of carbonyl (C=O) groups excluding carboxylic acids is 1. The van der Waals surface area contributed by atoms with E-state index in [9.17, 15) is 21.6 Å².